The van der Waals surface area contributed by atoms with Crippen molar-refractivity contribution in [1.29, 1.82) is 0 Å². The Morgan fingerprint density at radius 2 is 1.78 bits per heavy atom. The molecule has 0 atom stereocenters. The Labute approximate surface area is 158 Å². The van der Waals surface area contributed by atoms with Gasteiger partial charge in [0.25, 0.3) is 16.8 Å². The first-order valence-corrected chi connectivity index (χ1v) is 8.61. The second-order valence-electron chi connectivity index (χ2n) is 5.50. The summed E-state index contributed by atoms with van der Waals surface area (Å²) in [5.41, 5.74) is 0.482. The maximum absolute atomic E-state index is 12.4. The van der Waals surface area contributed by atoms with Gasteiger partial charge in [0, 0.05) is 6.07 Å². The Bertz CT molecular complexity index is 958. The molecule has 1 aliphatic rings. The number of carbonyl (C=O) groups excluding carboxylic acids is 3. The zero-order chi connectivity index (χ0) is 19.4. The molecule has 27 heavy (non-hydrogen) atoms. The van der Waals surface area contributed by atoms with Crippen LogP contribution >= 0.6 is 11.8 Å². The number of amides is 3. The van der Waals surface area contributed by atoms with Crippen molar-refractivity contribution in [2.45, 2.75) is 0 Å². The summed E-state index contributed by atoms with van der Waals surface area (Å²) in [6.07, 6.45) is 1.57. The van der Waals surface area contributed by atoms with Gasteiger partial charge >= 0.3 is 0 Å². The number of nitrogens with one attached hydrogen (secondary N) is 1. The van der Waals surface area contributed by atoms with Gasteiger partial charge in [0.2, 0.25) is 5.91 Å². The molecular formula is C18H13N3O5S. The molecule has 1 saturated heterocycles. The van der Waals surface area contributed by atoms with E-state index in [1.54, 1.807) is 30.3 Å². The summed E-state index contributed by atoms with van der Waals surface area (Å²) in [7, 11) is 0. The van der Waals surface area contributed by atoms with E-state index in [2.05, 4.69) is 5.32 Å². The van der Waals surface area contributed by atoms with Gasteiger partial charge in [-0.15, -0.1) is 0 Å². The van der Waals surface area contributed by atoms with Crippen LogP contribution in [0.2, 0.25) is 0 Å². The van der Waals surface area contributed by atoms with Crippen LogP contribution in [0.3, 0.4) is 0 Å². The summed E-state index contributed by atoms with van der Waals surface area (Å²) in [6.45, 7) is -0.525. The standard InChI is InChI=1S/C18H13N3O5S/c22-16(19-13-8-4-5-9-14(13)21(25)26)11-20-17(23)15(27-18(20)24)10-12-6-2-1-3-7-12/h1-10H,11H2,(H,19,22)/b15-10-. The molecule has 0 spiro atoms. The molecule has 1 fully saturated rings. The molecule has 2 aromatic rings. The number of benzene rings is 2. The molecular weight excluding hydrogens is 370 g/mol. The van der Waals surface area contributed by atoms with Crippen LogP contribution in [0.1, 0.15) is 5.56 Å². The van der Waals surface area contributed by atoms with Gasteiger partial charge in [-0.1, -0.05) is 42.5 Å². The molecule has 136 valence electrons. The molecule has 0 radical (unpaired) electrons. The summed E-state index contributed by atoms with van der Waals surface area (Å²) >= 11 is 0.743. The SMILES string of the molecule is O=C(CN1C(=O)S/C(=C\c2ccccc2)C1=O)Nc1ccccc1[N+](=O)[O-]. The van der Waals surface area contributed by atoms with E-state index in [9.17, 15) is 24.5 Å². The predicted octanol–water partition coefficient (Wildman–Crippen LogP) is 3.27. The molecule has 3 amide bonds. The average molecular weight is 383 g/mol. The van der Waals surface area contributed by atoms with E-state index in [0.29, 0.717) is 0 Å². The van der Waals surface area contributed by atoms with Crippen LogP contribution in [0.4, 0.5) is 16.2 Å². The molecule has 0 aromatic heterocycles. The van der Waals surface area contributed by atoms with Gasteiger partial charge in [-0.2, -0.15) is 0 Å². The second-order valence-corrected chi connectivity index (χ2v) is 6.49. The lowest BCUT2D eigenvalue weighted by atomic mass is 10.2. The number of anilines is 1. The highest BCUT2D eigenvalue weighted by Gasteiger charge is 2.36. The number of hydrogen-bond donors (Lipinski definition) is 1. The number of hydrogen-bond acceptors (Lipinski definition) is 6. The third-order valence-corrected chi connectivity index (χ3v) is 4.55. The van der Waals surface area contributed by atoms with Gasteiger partial charge in [0.15, 0.2) is 0 Å². The second kappa shape index (κ2) is 7.83. The fourth-order valence-electron chi connectivity index (χ4n) is 2.41. The minimum absolute atomic E-state index is 0.000649. The van der Waals surface area contributed by atoms with Crippen molar-refractivity contribution in [3.63, 3.8) is 0 Å². The molecule has 9 heteroatoms. The van der Waals surface area contributed by atoms with Gasteiger partial charge < -0.3 is 5.32 Å². The Balaban J connectivity index is 1.71. The minimum Gasteiger partial charge on any atom is -0.319 e. The van der Waals surface area contributed by atoms with Crippen molar-refractivity contribution >= 4 is 46.3 Å². The van der Waals surface area contributed by atoms with Crippen LogP contribution in [0.15, 0.2) is 59.5 Å². The van der Waals surface area contributed by atoms with Crippen molar-refractivity contribution in [3.05, 3.63) is 75.2 Å². The molecule has 3 rings (SSSR count). The molecule has 0 bridgehead atoms. The highest BCUT2D eigenvalue weighted by atomic mass is 32.2. The van der Waals surface area contributed by atoms with Crippen LogP contribution in [0, 0.1) is 10.1 Å². The van der Waals surface area contributed by atoms with E-state index in [1.165, 1.54) is 24.3 Å². The molecule has 0 saturated carbocycles. The quantitative estimate of drug-likeness (QED) is 0.482. The summed E-state index contributed by atoms with van der Waals surface area (Å²) in [6, 6.07) is 14.6. The lowest BCUT2D eigenvalue weighted by molar-refractivity contribution is -0.383. The molecule has 1 aliphatic heterocycles. The van der Waals surface area contributed by atoms with Crippen LogP contribution in [-0.2, 0) is 9.59 Å². The summed E-state index contributed by atoms with van der Waals surface area (Å²) in [4.78, 5) is 48.1. The van der Waals surface area contributed by atoms with Gasteiger partial charge in [-0.25, -0.2) is 0 Å². The number of thioether (sulfide) groups is 1. The lowest BCUT2D eigenvalue weighted by Crippen LogP contribution is -2.36. The van der Waals surface area contributed by atoms with Crippen molar-refractivity contribution in [3.8, 4) is 0 Å². The Hall–Kier alpha value is -3.46. The molecule has 0 unspecified atom stereocenters. The number of imide groups is 1. The van der Waals surface area contributed by atoms with E-state index in [-0.39, 0.29) is 16.3 Å². The average Bonchev–Trinajstić information content (AvgIpc) is 2.90. The lowest BCUT2D eigenvalue weighted by Gasteiger charge is -2.12. The third kappa shape index (κ3) is 4.21. The Kier molecular flexibility index (Phi) is 5.32. The third-order valence-electron chi connectivity index (χ3n) is 3.65. The highest BCUT2D eigenvalue weighted by Crippen LogP contribution is 2.32. The summed E-state index contributed by atoms with van der Waals surface area (Å²) in [5, 5.41) is 12.8. The van der Waals surface area contributed by atoms with Crippen LogP contribution < -0.4 is 5.32 Å². The molecule has 1 N–H and O–H groups in total. The number of nitro benzene ring substituents is 1. The van der Waals surface area contributed by atoms with Crippen molar-refractivity contribution in [2.75, 3.05) is 11.9 Å². The Morgan fingerprint density at radius 3 is 2.48 bits per heavy atom. The van der Waals surface area contributed by atoms with Gasteiger partial charge in [0.1, 0.15) is 12.2 Å². The number of nitro groups is 1. The smallest absolute Gasteiger partial charge is 0.294 e. The fourth-order valence-corrected chi connectivity index (χ4v) is 3.25. The first-order valence-electron chi connectivity index (χ1n) is 7.79. The zero-order valence-electron chi connectivity index (χ0n) is 13.8. The fraction of sp³-hybridized carbons (Fsp3) is 0.0556. The van der Waals surface area contributed by atoms with E-state index >= 15 is 0 Å². The highest BCUT2D eigenvalue weighted by molar-refractivity contribution is 8.18. The topological polar surface area (TPSA) is 110 Å². The largest absolute Gasteiger partial charge is 0.319 e. The number of carbonyl (C=O) groups is 3. The monoisotopic (exact) mass is 383 g/mol. The van der Waals surface area contributed by atoms with Crippen LogP contribution in [0.5, 0.6) is 0 Å². The zero-order valence-corrected chi connectivity index (χ0v) is 14.6. The van der Waals surface area contributed by atoms with Gasteiger partial charge in [-0.05, 0) is 29.5 Å². The van der Waals surface area contributed by atoms with E-state index < -0.39 is 28.5 Å². The summed E-state index contributed by atoms with van der Waals surface area (Å²) < 4.78 is 0. The Morgan fingerprint density at radius 1 is 1.11 bits per heavy atom. The first kappa shape index (κ1) is 18.3. The molecule has 1 heterocycles. The van der Waals surface area contributed by atoms with E-state index in [1.807, 2.05) is 6.07 Å². The van der Waals surface area contributed by atoms with E-state index in [0.717, 1.165) is 22.2 Å². The number of para-hydroxylation sites is 2. The van der Waals surface area contributed by atoms with E-state index in [4.69, 9.17) is 0 Å². The molecule has 0 aliphatic carbocycles. The maximum Gasteiger partial charge on any atom is 0.294 e. The van der Waals surface area contributed by atoms with Gasteiger partial charge in [0.05, 0.1) is 9.83 Å². The predicted molar refractivity (Wildman–Crippen MR) is 101 cm³/mol. The molecule has 2 aromatic carbocycles. The maximum atomic E-state index is 12.4. The van der Waals surface area contributed by atoms with Crippen LogP contribution in [0.25, 0.3) is 6.08 Å². The van der Waals surface area contributed by atoms with Gasteiger partial charge in [-0.3, -0.25) is 29.4 Å². The number of nitrogens with zero attached hydrogens (tertiary/aromatic N) is 2. The van der Waals surface area contributed by atoms with Crippen LogP contribution in [-0.4, -0.2) is 33.4 Å². The van der Waals surface area contributed by atoms with Crippen molar-refractivity contribution in [2.24, 2.45) is 0 Å². The first-order chi connectivity index (χ1) is 13.0. The minimum atomic E-state index is -0.701. The summed E-state index contributed by atoms with van der Waals surface area (Å²) in [5.74, 6) is -1.28. The normalized spacial score (nSPS) is 15.3. The van der Waals surface area contributed by atoms with Crippen molar-refractivity contribution in [1.82, 2.24) is 4.90 Å². The molecule has 8 nitrogen and oxygen atoms in total. The number of rotatable bonds is 5. The van der Waals surface area contributed by atoms with Crippen molar-refractivity contribution < 1.29 is 19.3 Å².